The lowest BCUT2D eigenvalue weighted by Gasteiger charge is -2.26. The number of aromatic hydroxyl groups is 1. The van der Waals surface area contributed by atoms with Crippen LogP contribution in [0.2, 0.25) is 0 Å². The predicted octanol–water partition coefficient (Wildman–Crippen LogP) is 2.18. The smallest absolute Gasteiger partial charge is 0.329 e. The lowest BCUT2D eigenvalue weighted by Crippen LogP contribution is -2.37. The van der Waals surface area contributed by atoms with Crippen LogP contribution in [0.4, 0.5) is 22.9 Å². The van der Waals surface area contributed by atoms with E-state index in [1.54, 1.807) is 42.9 Å². The topological polar surface area (TPSA) is 182 Å². The van der Waals surface area contributed by atoms with Crippen LogP contribution in [0.25, 0.3) is 5.65 Å². The average molecular weight is 567 g/mol. The van der Waals surface area contributed by atoms with Crippen molar-refractivity contribution in [2.24, 2.45) is 5.73 Å². The van der Waals surface area contributed by atoms with Crippen molar-refractivity contribution in [2.45, 2.75) is 42.7 Å². The Morgan fingerprint density at radius 2 is 1.82 bits per heavy atom. The number of phenolic OH excluding ortho intramolecular Hbond substituents is 1. The number of rotatable bonds is 8. The number of nitrogens with one attached hydrogen (secondary N) is 4. The Kier molecular flexibility index (Phi) is 7.56. The fraction of sp³-hybridized carbons (Fsp3) is 0.308. The van der Waals surface area contributed by atoms with E-state index in [2.05, 4.69) is 25.9 Å². The molecule has 0 atom stereocenters. The number of carbonyl (C=O) groups excluding carboxylic acids is 1. The molecule has 13 nitrogen and oxygen atoms in total. The van der Waals surface area contributed by atoms with Crippen LogP contribution < -0.4 is 26.2 Å². The van der Waals surface area contributed by atoms with Crippen LogP contribution in [-0.4, -0.2) is 65.0 Å². The van der Waals surface area contributed by atoms with E-state index in [-0.39, 0.29) is 28.6 Å². The molecule has 210 valence electrons. The molecule has 1 amide bonds. The summed E-state index contributed by atoms with van der Waals surface area (Å²) < 4.78 is 27.6. The number of pyridine rings is 1. The van der Waals surface area contributed by atoms with Crippen molar-refractivity contribution in [3.05, 3.63) is 60.7 Å². The third-order valence-electron chi connectivity index (χ3n) is 6.82. The number of H-pyrrole nitrogens is 1. The van der Waals surface area contributed by atoms with Gasteiger partial charge in [0.2, 0.25) is 10.0 Å². The molecule has 1 fully saturated rings. The molecule has 0 aliphatic heterocycles. The summed E-state index contributed by atoms with van der Waals surface area (Å²) in [6.45, 7) is 0. The molecule has 7 N–H and O–H groups in total. The van der Waals surface area contributed by atoms with Gasteiger partial charge in [-0.05, 0) is 49.9 Å². The van der Waals surface area contributed by atoms with Crippen LogP contribution >= 0.6 is 0 Å². The van der Waals surface area contributed by atoms with Gasteiger partial charge in [-0.2, -0.15) is 0 Å². The Balaban J connectivity index is 1.51. The van der Waals surface area contributed by atoms with Gasteiger partial charge in [0.15, 0.2) is 5.82 Å². The number of aromatic amines is 1. The number of carbonyl (C=O) groups is 1. The summed E-state index contributed by atoms with van der Waals surface area (Å²) in [6.07, 6.45) is 8.32. The maximum atomic E-state index is 13.2. The van der Waals surface area contributed by atoms with E-state index in [9.17, 15) is 18.3 Å². The molecule has 3 aromatic heterocycles. The molecule has 0 saturated heterocycles. The fourth-order valence-electron chi connectivity index (χ4n) is 4.61. The number of fused-ring (bicyclic) bond motifs is 1. The highest BCUT2D eigenvalue weighted by atomic mass is 32.2. The zero-order chi connectivity index (χ0) is 28.4. The summed E-state index contributed by atoms with van der Waals surface area (Å²) in [5.41, 5.74) is 8.40. The molecule has 4 aromatic rings. The summed E-state index contributed by atoms with van der Waals surface area (Å²) in [5.74, 6) is -0.232. The van der Waals surface area contributed by atoms with E-state index in [0.29, 0.717) is 28.5 Å². The van der Waals surface area contributed by atoms with Crippen molar-refractivity contribution in [2.75, 3.05) is 30.0 Å². The molecule has 1 saturated carbocycles. The third-order valence-corrected chi connectivity index (χ3v) is 8.68. The second-order valence-electron chi connectivity index (χ2n) is 9.92. The molecule has 0 bridgehead atoms. The highest BCUT2D eigenvalue weighted by Gasteiger charge is 2.27. The number of imidazole rings is 1. The highest BCUT2D eigenvalue weighted by molar-refractivity contribution is 7.89. The molecule has 0 radical (unpaired) electrons. The van der Waals surface area contributed by atoms with Crippen molar-refractivity contribution >= 4 is 44.5 Å². The maximum Gasteiger partial charge on any atom is 0.329 e. The van der Waals surface area contributed by atoms with E-state index in [1.165, 1.54) is 30.7 Å². The first-order chi connectivity index (χ1) is 19.1. The fourth-order valence-corrected chi connectivity index (χ4v) is 5.57. The van der Waals surface area contributed by atoms with Crippen molar-refractivity contribution in [1.29, 1.82) is 0 Å². The zero-order valence-corrected chi connectivity index (χ0v) is 22.9. The Morgan fingerprint density at radius 3 is 2.50 bits per heavy atom. The minimum atomic E-state index is -3.82. The van der Waals surface area contributed by atoms with Crippen molar-refractivity contribution in [1.82, 2.24) is 19.4 Å². The predicted molar refractivity (Wildman–Crippen MR) is 150 cm³/mol. The monoisotopic (exact) mass is 566 g/mol. The van der Waals surface area contributed by atoms with E-state index < -0.39 is 15.8 Å². The van der Waals surface area contributed by atoms with Crippen molar-refractivity contribution in [3.8, 4) is 5.75 Å². The van der Waals surface area contributed by atoms with Crippen molar-refractivity contribution in [3.63, 3.8) is 0 Å². The second-order valence-corrected chi connectivity index (χ2v) is 12.0. The normalized spacial score (nSPS) is 17.6. The van der Waals surface area contributed by atoms with Gasteiger partial charge in [-0.25, -0.2) is 17.7 Å². The van der Waals surface area contributed by atoms with Crippen LogP contribution in [0.15, 0.2) is 59.9 Å². The number of sulfonamides is 1. The van der Waals surface area contributed by atoms with Gasteiger partial charge in [-0.3, -0.25) is 9.78 Å². The van der Waals surface area contributed by atoms with E-state index in [1.807, 2.05) is 0 Å². The summed E-state index contributed by atoms with van der Waals surface area (Å²) in [5, 5.41) is 24.7. The van der Waals surface area contributed by atoms with E-state index >= 15 is 0 Å². The van der Waals surface area contributed by atoms with Crippen molar-refractivity contribution < 1.29 is 22.8 Å². The number of benzene rings is 1. The molecule has 0 spiro atoms. The molecule has 0 unspecified atom stereocenters. The summed E-state index contributed by atoms with van der Waals surface area (Å²) >= 11 is 0. The van der Waals surface area contributed by atoms with Gasteiger partial charge < -0.3 is 26.8 Å². The number of aromatic nitrogens is 4. The first-order valence-corrected chi connectivity index (χ1v) is 14.3. The quantitative estimate of drug-likeness (QED) is 0.174. The van der Waals surface area contributed by atoms with E-state index in [0.717, 1.165) is 30.0 Å². The summed E-state index contributed by atoms with van der Waals surface area (Å²) in [4.78, 5) is 20.0. The Bertz CT molecular complexity index is 1630. The Morgan fingerprint density at radius 1 is 1.10 bits per heavy atom. The summed E-state index contributed by atoms with van der Waals surface area (Å²) in [6, 6.07) is 9.77. The number of hydrogen-bond acceptors (Lipinski definition) is 9. The van der Waals surface area contributed by atoms with Crippen LogP contribution in [0, 0.1) is 0 Å². The molecule has 14 heteroatoms. The standard InChI is InChI=1S/C26H31N9O4S/c1-34(2)40(38,39)23-8-7-19(13-22(23)36)30-20-14-24(31-17-5-3-16(27)4-6-17)33-35-21(15-29-25(20)35)26(37)32-18-9-11-28-12-10-18/h7-17H,3-6,27H2,1-2H3,(H4,28,30,31,32,33,36,37)/p+1. The minimum Gasteiger partial charge on any atom is -0.506 e. The van der Waals surface area contributed by atoms with Crippen LogP contribution in [-0.2, 0) is 10.0 Å². The summed E-state index contributed by atoms with van der Waals surface area (Å²) in [7, 11) is -1.03. The number of phenols is 1. The maximum absolute atomic E-state index is 13.2. The lowest BCUT2D eigenvalue weighted by molar-refractivity contribution is -0.579. The molecule has 1 aliphatic rings. The third kappa shape index (κ3) is 5.68. The largest absolute Gasteiger partial charge is 0.506 e. The zero-order valence-electron chi connectivity index (χ0n) is 22.1. The van der Waals surface area contributed by atoms with Gasteiger partial charge in [-0.1, -0.05) is 9.61 Å². The molecule has 40 heavy (non-hydrogen) atoms. The second kappa shape index (κ2) is 11.1. The molecule has 1 aliphatic carbocycles. The average Bonchev–Trinajstić information content (AvgIpc) is 3.35. The molecular weight excluding hydrogens is 534 g/mol. The van der Waals surface area contributed by atoms with Crippen LogP contribution in [0.5, 0.6) is 5.75 Å². The Labute approximate surface area is 231 Å². The molecule has 5 rings (SSSR count). The van der Waals surface area contributed by atoms with Gasteiger partial charge >= 0.3 is 11.6 Å². The Hall–Kier alpha value is -4.27. The number of anilines is 4. The van der Waals surface area contributed by atoms with Gasteiger partial charge in [0, 0.05) is 62.1 Å². The lowest BCUT2D eigenvalue weighted by atomic mass is 9.92. The van der Waals surface area contributed by atoms with Gasteiger partial charge in [-0.15, -0.1) is 0 Å². The van der Waals surface area contributed by atoms with Gasteiger partial charge in [0.25, 0.3) is 5.69 Å². The number of nitrogens with zero attached hydrogens (tertiary/aromatic N) is 4. The van der Waals surface area contributed by atoms with Crippen LogP contribution in [0.1, 0.15) is 36.2 Å². The first-order valence-electron chi connectivity index (χ1n) is 12.8. The van der Waals surface area contributed by atoms with Gasteiger partial charge in [0.05, 0.1) is 0 Å². The highest BCUT2D eigenvalue weighted by Crippen LogP contribution is 2.31. The number of hydrogen-bond donors (Lipinski definition) is 6. The van der Waals surface area contributed by atoms with E-state index in [4.69, 9.17) is 10.8 Å². The molecule has 1 aromatic carbocycles. The van der Waals surface area contributed by atoms with Crippen LogP contribution in [0.3, 0.4) is 0 Å². The number of amides is 1. The SMILES string of the molecule is CN(C)S(=O)(=O)c1ccc(Nc2cc(NC3CCC(N)CC3)n[n+]3c(C(=O)Nc4ccncc4)c[nH]c23)cc1O. The minimum absolute atomic E-state index is 0.172. The molecule has 3 heterocycles. The molecular formula is C26H32N9O4S+. The number of nitrogens with two attached hydrogens (primary N) is 1. The first kappa shape index (κ1) is 27.3. The van der Waals surface area contributed by atoms with Gasteiger partial charge in [0.1, 0.15) is 22.5 Å².